The normalized spacial score (nSPS) is 16.6. The first-order valence-corrected chi connectivity index (χ1v) is 12.3. The zero-order valence-corrected chi connectivity index (χ0v) is 18.5. The molecule has 0 aromatic carbocycles. The number of carbonyl (C=O) groups is 4. The van der Waals surface area contributed by atoms with Crippen molar-refractivity contribution in [2.24, 2.45) is 0 Å². The molecule has 1 atom stereocenters. The van der Waals surface area contributed by atoms with E-state index in [1.165, 1.54) is 32.7 Å². The van der Waals surface area contributed by atoms with E-state index in [2.05, 4.69) is 9.82 Å². The lowest BCUT2D eigenvalue weighted by molar-refractivity contribution is -0.197. The number of imide groups is 1. The average molecular weight is 478 g/mol. The molecule has 3 amide bonds. The van der Waals surface area contributed by atoms with Crippen LogP contribution >= 0.6 is 21.6 Å². The molecule has 30 heavy (non-hydrogen) atoms. The van der Waals surface area contributed by atoms with E-state index in [1.54, 1.807) is 26.2 Å². The van der Waals surface area contributed by atoms with Gasteiger partial charge in [0.1, 0.15) is 5.03 Å². The molecule has 2 rings (SSSR count). The molecule has 1 unspecified atom stereocenters. The molecule has 14 heteroatoms. The SMILES string of the molecule is CN(C)C(=O)c1ccc(SSCCCC(=O)ON2C(=O)CC(S(=O)(=O)O)C2=O)nc1. The van der Waals surface area contributed by atoms with E-state index in [0.29, 0.717) is 22.8 Å². The number of nitrogens with zero attached hydrogens (tertiary/aromatic N) is 3. The fourth-order valence-corrected chi connectivity index (χ4v) is 4.90. The summed E-state index contributed by atoms with van der Waals surface area (Å²) in [7, 11) is 1.30. The first-order chi connectivity index (χ1) is 14.0. The van der Waals surface area contributed by atoms with Crippen molar-refractivity contribution in [3.05, 3.63) is 23.9 Å². The summed E-state index contributed by atoms with van der Waals surface area (Å²) in [6.45, 7) is 0. The van der Waals surface area contributed by atoms with Gasteiger partial charge in [0.2, 0.25) is 0 Å². The van der Waals surface area contributed by atoms with Gasteiger partial charge in [-0.15, -0.1) is 5.06 Å². The van der Waals surface area contributed by atoms with Crippen molar-refractivity contribution in [1.82, 2.24) is 14.9 Å². The molecule has 1 N–H and O–H groups in total. The maximum Gasteiger partial charge on any atom is 0.333 e. The number of hydrogen-bond acceptors (Lipinski definition) is 10. The summed E-state index contributed by atoms with van der Waals surface area (Å²) in [6, 6.07) is 3.37. The second kappa shape index (κ2) is 10.2. The third kappa shape index (κ3) is 6.42. The van der Waals surface area contributed by atoms with Crippen LogP contribution in [0.25, 0.3) is 0 Å². The smallest absolute Gasteiger partial charge is 0.333 e. The minimum atomic E-state index is -4.75. The van der Waals surface area contributed by atoms with Crippen LogP contribution in [0.4, 0.5) is 0 Å². The molecule has 1 fully saturated rings. The molecular formula is C16H19N3O8S3. The highest BCUT2D eigenvalue weighted by Gasteiger charge is 2.48. The van der Waals surface area contributed by atoms with Gasteiger partial charge in [0.25, 0.3) is 27.8 Å². The Morgan fingerprint density at radius 1 is 1.33 bits per heavy atom. The summed E-state index contributed by atoms with van der Waals surface area (Å²) in [5.74, 6) is -2.80. The fourth-order valence-electron chi connectivity index (χ4n) is 2.25. The maximum absolute atomic E-state index is 11.8. The van der Waals surface area contributed by atoms with Crippen molar-refractivity contribution in [1.29, 1.82) is 0 Å². The molecule has 164 valence electrons. The molecular weight excluding hydrogens is 458 g/mol. The fraction of sp³-hybridized carbons (Fsp3) is 0.438. The third-order valence-corrected chi connectivity index (χ3v) is 7.20. The molecule has 0 aliphatic carbocycles. The van der Waals surface area contributed by atoms with Gasteiger partial charge in [-0.25, -0.2) is 9.78 Å². The topological polar surface area (TPSA) is 151 Å². The van der Waals surface area contributed by atoms with Gasteiger partial charge < -0.3 is 9.74 Å². The standard InChI is InChI=1S/C16H19N3O8S3/c1-18(2)15(22)10-5-6-12(17-9-10)29-28-7-3-4-14(21)27-19-13(20)8-11(16(19)23)30(24,25)26/h5-6,9,11H,3-4,7-8H2,1-2H3,(H,24,25,26). The lowest BCUT2D eigenvalue weighted by Gasteiger charge is -2.13. The minimum absolute atomic E-state index is 0.0865. The summed E-state index contributed by atoms with van der Waals surface area (Å²) in [4.78, 5) is 57.3. The van der Waals surface area contributed by atoms with Gasteiger partial charge in [0.15, 0.2) is 5.25 Å². The van der Waals surface area contributed by atoms with Crippen molar-refractivity contribution in [3.63, 3.8) is 0 Å². The van der Waals surface area contributed by atoms with E-state index in [0.717, 1.165) is 0 Å². The number of rotatable bonds is 9. The van der Waals surface area contributed by atoms with Crippen molar-refractivity contribution >= 4 is 55.4 Å². The van der Waals surface area contributed by atoms with Gasteiger partial charge in [-0.2, -0.15) is 8.42 Å². The predicted molar refractivity (Wildman–Crippen MR) is 108 cm³/mol. The molecule has 0 spiro atoms. The highest BCUT2D eigenvalue weighted by molar-refractivity contribution is 8.76. The molecule has 1 aromatic rings. The van der Waals surface area contributed by atoms with E-state index in [4.69, 9.17) is 4.55 Å². The van der Waals surface area contributed by atoms with Gasteiger partial charge in [0, 0.05) is 32.5 Å². The zero-order valence-electron chi connectivity index (χ0n) is 16.0. The van der Waals surface area contributed by atoms with Crippen LogP contribution < -0.4 is 0 Å². The Kier molecular flexibility index (Phi) is 8.23. The zero-order chi connectivity index (χ0) is 22.5. The number of pyridine rings is 1. The Labute approximate surface area is 180 Å². The van der Waals surface area contributed by atoms with Gasteiger partial charge in [-0.1, -0.05) is 10.8 Å². The highest BCUT2D eigenvalue weighted by Crippen LogP contribution is 2.30. The van der Waals surface area contributed by atoms with Crippen LogP contribution in [0.15, 0.2) is 23.4 Å². The molecule has 1 aliphatic rings. The number of amides is 3. The van der Waals surface area contributed by atoms with Gasteiger partial charge in [-0.3, -0.25) is 18.9 Å². The van der Waals surface area contributed by atoms with E-state index < -0.39 is 39.6 Å². The number of carbonyl (C=O) groups excluding carboxylic acids is 4. The van der Waals surface area contributed by atoms with Crippen LogP contribution in [0, 0.1) is 0 Å². The molecule has 0 bridgehead atoms. The van der Waals surface area contributed by atoms with Crippen molar-refractivity contribution < 1.29 is 37.0 Å². The monoisotopic (exact) mass is 477 g/mol. The Morgan fingerprint density at radius 2 is 2.03 bits per heavy atom. The maximum atomic E-state index is 11.8. The second-order valence-electron chi connectivity index (χ2n) is 6.29. The Morgan fingerprint density at radius 3 is 2.57 bits per heavy atom. The molecule has 1 aromatic heterocycles. The summed E-state index contributed by atoms with van der Waals surface area (Å²) < 4.78 is 31.0. The van der Waals surface area contributed by atoms with Crippen molar-refractivity contribution in [3.8, 4) is 0 Å². The Balaban J connectivity index is 1.71. The minimum Gasteiger partial charge on any atom is -0.345 e. The molecule has 0 radical (unpaired) electrons. The van der Waals surface area contributed by atoms with Crippen LogP contribution in [0.5, 0.6) is 0 Å². The molecule has 2 heterocycles. The van der Waals surface area contributed by atoms with Crippen LogP contribution in [0.2, 0.25) is 0 Å². The predicted octanol–water partition coefficient (Wildman–Crippen LogP) is 0.777. The third-order valence-electron chi connectivity index (χ3n) is 3.76. The van der Waals surface area contributed by atoms with Crippen LogP contribution in [0.3, 0.4) is 0 Å². The highest BCUT2D eigenvalue weighted by atomic mass is 33.1. The summed E-state index contributed by atoms with van der Waals surface area (Å²) in [5, 5.41) is -1.18. The lowest BCUT2D eigenvalue weighted by atomic mass is 10.2. The second-order valence-corrected chi connectivity index (χ2v) is 10.3. The lowest BCUT2D eigenvalue weighted by Crippen LogP contribution is -2.36. The first-order valence-electron chi connectivity index (χ1n) is 8.51. The number of hydroxylamine groups is 2. The van der Waals surface area contributed by atoms with Crippen LogP contribution in [-0.4, -0.2) is 76.7 Å². The van der Waals surface area contributed by atoms with Gasteiger partial charge in [0.05, 0.1) is 12.0 Å². The summed E-state index contributed by atoms with van der Waals surface area (Å²) >= 11 is 0. The molecule has 0 saturated carbocycles. The van der Waals surface area contributed by atoms with E-state index in [1.807, 2.05) is 0 Å². The molecule has 1 aliphatic heterocycles. The van der Waals surface area contributed by atoms with Crippen molar-refractivity contribution in [2.45, 2.75) is 29.5 Å². The Hall–Kier alpha value is -2.16. The van der Waals surface area contributed by atoms with Crippen LogP contribution in [0.1, 0.15) is 29.6 Å². The average Bonchev–Trinajstić information content (AvgIpc) is 2.96. The Bertz CT molecular complexity index is 934. The molecule has 1 saturated heterocycles. The van der Waals surface area contributed by atoms with Gasteiger partial charge in [-0.05, 0) is 29.3 Å². The first kappa shape index (κ1) is 24.1. The summed E-state index contributed by atoms with van der Waals surface area (Å²) in [6.07, 6.45) is 0.965. The largest absolute Gasteiger partial charge is 0.345 e. The summed E-state index contributed by atoms with van der Waals surface area (Å²) in [5.41, 5.74) is 0.472. The van der Waals surface area contributed by atoms with Crippen LogP contribution in [-0.2, 0) is 29.3 Å². The van der Waals surface area contributed by atoms with E-state index in [-0.39, 0.29) is 17.4 Å². The van der Waals surface area contributed by atoms with E-state index in [9.17, 15) is 27.6 Å². The van der Waals surface area contributed by atoms with Gasteiger partial charge >= 0.3 is 5.97 Å². The number of hydrogen-bond donors (Lipinski definition) is 1. The van der Waals surface area contributed by atoms with E-state index >= 15 is 0 Å². The quantitative estimate of drug-likeness (QED) is 0.232. The number of aromatic nitrogens is 1. The molecule has 11 nitrogen and oxygen atoms in total. The van der Waals surface area contributed by atoms with Crippen molar-refractivity contribution in [2.75, 3.05) is 19.8 Å².